The molecule has 0 aliphatic carbocycles. The monoisotopic (exact) mass is 64.1 g/mol. The van der Waals surface area contributed by atoms with Crippen LogP contribution in [0.1, 0.15) is 0 Å². The van der Waals surface area contributed by atoms with E-state index in [9.17, 15) is 0 Å². The molecule has 1 heterocycles. The Morgan fingerprint density at radius 1 is 1.00 bits per heavy atom. The summed E-state index contributed by atoms with van der Waals surface area (Å²) in [4.78, 5) is 0. The number of hydrogen-bond donors (Lipinski definition) is 0. The molecule has 0 nitrogen and oxygen atoms in total. The topological polar surface area (TPSA) is 0 Å². The first kappa shape index (κ1) is 3.32. The second-order valence-corrected chi connectivity index (χ2v) is 1.39. The van der Waals surface area contributed by atoms with E-state index in [0.29, 0.717) is 0 Å². The Morgan fingerprint density at radius 3 is 1.80 bits per heavy atom. The zero-order chi connectivity index (χ0) is 3.54. The van der Waals surface area contributed by atoms with Crippen molar-refractivity contribution in [3.8, 4) is 0 Å². The predicted molar refractivity (Wildman–Crippen MR) is 25.9 cm³/mol. The Balaban J connectivity index is 2.08. The van der Waals surface area contributed by atoms with Crippen LogP contribution in [0.5, 0.6) is 0 Å². The van der Waals surface area contributed by atoms with E-state index in [0.717, 1.165) is 0 Å². The van der Waals surface area contributed by atoms with Gasteiger partial charge in [-0.1, -0.05) is 12.6 Å². The normalized spacial score (nSPS) is 20.8. The van der Waals surface area contributed by atoms with Crippen LogP contribution in [0.3, 0.4) is 0 Å². The lowest BCUT2D eigenvalue weighted by molar-refractivity contribution is 1.46. The smallest absolute Gasteiger partial charge is 0.0994 e. The van der Waals surface area contributed by atoms with Gasteiger partial charge in [0.15, 0.2) is 0 Å². The Kier molecular flexibility index (Phi) is 1.02. The second kappa shape index (κ2) is 1.54. The maximum Gasteiger partial charge on any atom is 0.0994 e. The number of hydrogen-bond acceptors (Lipinski definition) is 0. The molecule has 0 spiro atoms. The molecule has 1 rings (SSSR count). The summed E-state index contributed by atoms with van der Waals surface area (Å²) in [7, 11) is 4.61. The van der Waals surface area contributed by atoms with Crippen molar-refractivity contribution in [3.63, 3.8) is 0 Å². The quantitative estimate of drug-likeness (QED) is 0.362. The fraction of sp³-hybridized carbons (Fsp3) is 1.00. The summed E-state index contributed by atoms with van der Waals surface area (Å²) < 4.78 is 0. The molecule has 0 amide bonds. The fourth-order valence-electron chi connectivity index (χ4n) is 0.589. The van der Waals surface area contributed by atoms with E-state index in [2.05, 4.69) is 14.6 Å². The summed E-state index contributed by atoms with van der Waals surface area (Å²) in [6, 6.07) is 0. The molecule has 1 aliphatic rings. The molecule has 2 heteroatoms. The van der Waals surface area contributed by atoms with Crippen molar-refractivity contribution in [3.05, 3.63) is 0 Å². The SMILES string of the molecule is [B]1C[B]CC1. The van der Waals surface area contributed by atoms with Crippen molar-refractivity contribution in [2.75, 3.05) is 0 Å². The number of rotatable bonds is 0. The molecule has 24 valence electrons. The average Bonchev–Trinajstić information content (AvgIpc) is 1.76. The lowest BCUT2D eigenvalue weighted by Gasteiger charge is -1.66. The van der Waals surface area contributed by atoms with Crippen molar-refractivity contribution in [2.45, 2.75) is 18.9 Å². The van der Waals surface area contributed by atoms with Crippen LogP contribution in [0.25, 0.3) is 0 Å². The van der Waals surface area contributed by atoms with E-state index in [1.165, 1.54) is 18.9 Å². The molecular weight excluding hydrogens is 57.7 g/mol. The molecule has 1 saturated heterocycles. The maximum atomic E-state index is 2.31. The molecule has 0 aromatic heterocycles. The van der Waals surface area contributed by atoms with Gasteiger partial charge in [-0.2, -0.15) is 0 Å². The minimum atomic E-state index is 1.25. The highest BCUT2D eigenvalue weighted by Gasteiger charge is 1.99. The Hall–Kier alpha value is 0.130. The molecule has 0 N–H and O–H groups in total. The zero-order valence-corrected chi connectivity index (χ0v) is 3.28. The highest BCUT2D eigenvalue weighted by Crippen LogP contribution is 2.01. The lowest BCUT2D eigenvalue weighted by Crippen LogP contribution is -1.74. The van der Waals surface area contributed by atoms with Crippen LogP contribution in [0, 0.1) is 0 Å². The summed E-state index contributed by atoms with van der Waals surface area (Å²) in [5.74, 6) is 0. The molecule has 1 aliphatic heterocycles. The van der Waals surface area contributed by atoms with Gasteiger partial charge in [0, 0.05) is 0 Å². The van der Waals surface area contributed by atoms with E-state index in [-0.39, 0.29) is 0 Å². The lowest BCUT2D eigenvalue weighted by atomic mass is 9.66. The van der Waals surface area contributed by atoms with Crippen molar-refractivity contribution < 1.29 is 0 Å². The Labute approximate surface area is 34.4 Å². The van der Waals surface area contributed by atoms with Crippen LogP contribution in [0.2, 0.25) is 18.9 Å². The summed E-state index contributed by atoms with van der Waals surface area (Å²) in [6.45, 7) is 0. The van der Waals surface area contributed by atoms with Crippen LogP contribution in [0.4, 0.5) is 0 Å². The van der Waals surface area contributed by atoms with Gasteiger partial charge in [-0.25, -0.2) is 0 Å². The summed E-state index contributed by atoms with van der Waals surface area (Å²) in [6.07, 6.45) is 3.89. The average molecular weight is 63.7 g/mol. The van der Waals surface area contributed by atoms with E-state index in [1.54, 1.807) is 0 Å². The van der Waals surface area contributed by atoms with Gasteiger partial charge in [-0.3, -0.25) is 0 Å². The van der Waals surface area contributed by atoms with Gasteiger partial charge in [-0.05, 0) is 0 Å². The zero-order valence-electron chi connectivity index (χ0n) is 3.28. The molecular formula is C3H6B2. The first-order valence-electron chi connectivity index (χ1n) is 2.13. The molecule has 0 bridgehead atoms. The summed E-state index contributed by atoms with van der Waals surface area (Å²) in [5.41, 5.74) is 0. The molecule has 5 heavy (non-hydrogen) atoms. The molecule has 2 radical (unpaired) electrons. The van der Waals surface area contributed by atoms with Gasteiger partial charge in [0.05, 0.1) is 14.6 Å². The van der Waals surface area contributed by atoms with Crippen molar-refractivity contribution >= 4 is 14.6 Å². The van der Waals surface area contributed by atoms with Crippen molar-refractivity contribution in [1.29, 1.82) is 0 Å². The van der Waals surface area contributed by atoms with Gasteiger partial charge < -0.3 is 0 Å². The predicted octanol–water partition coefficient (Wildman–Crippen LogP) is 0.621. The van der Waals surface area contributed by atoms with E-state index in [4.69, 9.17) is 0 Å². The van der Waals surface area contributed by atoms with E-state index >= 15 is 0 Å². The van der Waals surface area contributed by atoms with Crippen molar-refractivity contribution in [2.24, 2.45) is 0 Å². The molecule has 0 unspecified atom stereocenters. The standard InChI is InChI=1S/C3H6B2/c1-2-5-3-4-1/h1-3H2. The third-order valence-corrected chi connectivity index (χ3v) is 0.908. The maximum absolute atomic E-state index is 2.31. The van der Waals surface area contributed by atoms with Crippen LogP contribution in [0.15, 0.2) is 0 Å². The van der Waals surface area contributed by atoms with Crippen molar-refractivity contribution in [1.82, 2.24) is 0 Å². The fourth-order valence-corrected chi connectivity index (χ4v) is 0.589. The third kappa shape index (κ3) is 0.712. The summed E-state index contributed by atoms with van der Waals surface area (Å²) >= 11 is 0. The van der Waals surface area contributed by atoms with Crippen LogP contribution < -0.4 is 0 Å². The minimum absolute atomic E-state index is 1.25. The Bertz CT molecular complexity index is 16.5. The summed E-state index contributed by atoms with van der Waals surface area (Å²) in [5, 5.41) is 0. The second-order valence-electron chi connectivity index (χ2n) is 1.39. The van der Waals surface area contributed by atoms with Gasteiger partial charge in [-0.15, -0.1) is 6.22 Å². The van der Waals surface area contributed by atoms with Crippen LogP contribution in [-0.2, 0) is 0 Å². The van der Waals surface area contributed by atoms with Gasteiger partial charge >= 0.3 is 0 Å². The van der Waals surface area contributed by atoms with Gasteiger partial charge in [0.2, 0.25) is 0 Å². The highest BCUT2D eigenvalue weighted by molar-refractivity contribution is 6.61. The molecule has 0 aromatic rings. The first-order valence-corrected chi connectivity index (χ1v) is 2.13. The molecule has 0 saturated carbocycles. The Morgan fingerprint density at radius 2 is 1.60 bits per heavy atom. The largest absolute Gasteiger partial charge is 0.107 e. The molecule has 0 atom stereocenters. The van der Waals surface area contributed by atoms with Crippen LogP contribution >= 0.6 is 0 Å². The van der Waals surface area contributed by atoms with Crippen LogP contribution in [-0.4, -0.2) is 14.6 Å². The van der Waals surface area contributed by atoms with Gasteiger partial charge in [0.25, 0.3) is 0 Å². The first-order chi connectivity index (χ1) is 2.50. The third-order valence-electron chi connectivity index (χ3n) is 0.908. The molecule has 1 fully saturated rings. The van der Waals surface area contributed by atoms with Gasteiger partial charge in [0.1, 0.15) is 0 Å². The van der Waals surface area contributed by atoms with E-state index < -0.39 is 0 Å². The highest BCUT2D eigenvalue weighted by atomic mass is 13.6. The minimum Gasteiger partial charge on any atom is -0.107 e. The van der Waals surface area contributed by atoms with E-state index in [1.807, 2.05) is 0 Å². The molecule has 0 aromatic carbocycles.